The molecule has 2 amide bonds. The second-order valence-corrected chi connectivity index (χ2v) is 5.91. The predicted octanol–water partition coefficient (Wildman–Crippen LogP) is 2.80. The Balaban J connectivity index is 1.64. The number of nitrogens with one attached hydrogen (secondary N) is 2. The molecule has 0 saturated carbocycles. The number of para-hydroxylation sites is 1. The minimum absolute atomic E-state index is 0.204. The molecule has 0 spiro atoms. The summed E-state index contributed by atoms with van der Waals surface area (Å²) < 4.78 is 4.65. The van der Waals surface area contributed by atoms with Crippen LogP contribution in [0.2, 0.25) is 0 Å². The molecule has 0 bridgehead atoms. The maximum atomic E-state index is 11.8. The Kier molecular flexibility index (Phi) is 7.49. The molecule has 2 aromatic rings. The van der Waals surface area contributed by atoms with Crippen LogP contribution in [0.1, 0.15) is 22.3 Å². The maximum absolute atomic E-state index is 11.8. The van der Waals surface area contributed by atoms with E-state index >= 15 is 0 Å². The summed E-state index contributed by atoms with van der Waals surface area (Å²) in [5, 5.41) is 5.65. The SMILES string of the molecule is COC(=O)c1ccc(CNC(=O)NCCCN(C)c2ccccc2)cc1. The number of benzene rings is 2. The molecule has 2 N–H and O–H groups in total. The van der Waals surface area contributed by atoms with Gasteiger partial charge in [0.1, 0.15) is 0 Å². The number of urea groups is 1. The molecule has 0 saturated heterocycles. The van der Waals surface area contributed by atoms with Crippen molar-refractivity contribution in [3.63, 3.8) is 0 Å². The minimum atomic E-state index is -0.372. The van der Waals surface area contributed by atoms with Crippen molar-refractivity contribution in [3.05, 3.63) is 65.7 Å². The summed E-state index contributed by atoms with van der Waals surface area (Å²) in [5.74, 6) is -0.372. The van der Waals surface area contributed by atoms with Gasteiger partial charge < -0.3 is 20.3 Å². The van der Waals surface area contributed by atoms with E-state index in [9.17, 15) is 9.59 Å². The normalized spacial score (nSPS) is 10.1. The lowest BCUT2D eigenvalue weighted by molar-refractivity contribution is 0.0600. The molecule has 6 heteroatoms. The Morgan fingerprint density at radius 1 is 1.00 bits per heavy atom. The van der Waals surface area contributed by atoms with Crippen molar-refractivity contribution in [2.24, 2.45) is 0 Å². The van der Waals surface area contributed by atoms with Crippen LogP contribution < -0.4 is 15.5 Å². The second-order valence-electron chi connectivity index (χ2n) is 5.91. The summed E-state index contributed by atoms with van der Waals surface area (Å²) >= 11 is 0. The number of carbonyl (C=O) groups is 2. The van der Waals surface area contributed by atoms with Crippen molar-refractivity contribution >= 4 is 17.7 Å². The van der Waals surface area contributed by atoms with Crippen molar-refractivity contribution in [3.8, 4) is 0 Å². The average Bonchev–Trinajstić information content (AvgIpc) is 2.70. The molecule has 2 rings (SSSR count). The molecule has 0 aliphatic rings. The molecule has 0 aromatic heterocycles. The van der Waals surface area contributed by atoms with Crippen molar-refractivity contribution in [2.75, 3.05) is 32.1 Å². The number of amides is 2. The van der Waals surface area contributed by atoms with Gasteiger partial charge in [0.2, 0.25) is 0 Å². The highest BCUT2D eigenvalue weighted by molar-refractivity contribution is 5.89. The van der Waals surface area contributed by atoms with Crippen LogP contribution in [0.5, 0.6) is 0 Å². The van der Waals surface area contributed by atoms with Crippen LogP contribution >= 0.6 is 0 Å². The summed E-state index contributed by atoms with van der Waals surface area (Å²) in [6.45, 7) is 1.86. The van der Waals surface area contributed by atoms with Gasteiger partial charge in [-0.2, -0.15) is 0 Å². The molecule has 0 heterocycles. The van der Waals surface area contributed by atoms with Gasteiger partial charge in [0.25, 0.3) is 0 Å². The smallest absolute Gasteiger partial charge is 0.337 e. The van der Waals surface area contributed by atoms with Gasteiger partial charge in [-0.25, -0.2) is 9.59 Å². The number of methoxy groups -OCH3 is 1. The molecule has 26 heavy (non-hydrogen) atoms. The fourth-order valence-corrected chi connectivity index (χ4v) is 2.45. The highest BCUT2D eigenvalue weighted by Crippen LogP contribution is 2.10. The number of carbonyl (C=O) groups excluding carboxylic acids is 2. The average molecular weight is 355 g/mol. The lowest BCUT2D eigenvalue weighted by Gasteiger charge is -2.19. The van der Waals surface area contributed by atoms with Gasteiger partial charge in [0.05, 0.1) is 12.7 Å². The summed E-state index contributed by atoms with van der Waals surface area (Å²) in [6, 6.07) is 16.9. The van der Waals surface area contributed by atoms with E-state index in [2.05, 4.69) is 32.4 Å². The molecule has 0 atom stereocenters. The highest BCUT2D eigenvalue weighted by atomic mass is 16.5. The third kappa shape index (κ3) is 6.12. The molecule has 6 nitrogen and oxygen atoms in total. The lowest BCUT2D eigenvalue weighted by Crippen LogP contribution is -2.36. The molecular weight excluding hydrogens is 330 g/mol. The fourth-order valence-electron chi connectivity index (χ4n) is 2.45. The van der Waals surface area contributed by atoms with E-state index in [1.807, 2.05) is 25.2 Å². The maximum Gasteiger partial charge on any atom is 0.337 e. The highest BCUT2D eigenvalue weighted by Gasteiger charge is 2.05. The number of anilines is 1. The van der Waals surface area contributed by atoms with Crippen LogP contribution in [0.3, 0.4) is 0 Å². The number of ether oxygens (including phenoxy) is 1. The summed E-state index contributed by atoms with van der Waals surface area (Å²) in [4.78, 5) is 25.4. The van der Waals surface area contributed by atoms with Gasteiger partial charge in [-0.05, 0) is 36.2 Å². The van der Waals surface area contributed by atoms with Gasteiger partial charge in [-0.1, -0.05) is 30.3 Å². The summed E-state index contributed by atoms with van der Waals surface area (Å²) in [7, 11) is 3.38. The zero-order chi connectivity index (χ0) is 18.8. The van der Waals surface area contributed by atoms with Gasteiger partial charge in [-0.3, -0.25) is 0 Å². The van der Waals surface area contributed by atoms with Gasteiger partial charge in [0, 0.05) is 32.4 Å². The standard InChI is InChI=1S/C20H25N3O3/c1-23(18-7-4-3-5-8-18)14-6-13-21-20(25)22-15-16-9-11-17(12-10-16)19(24)26-2/h3-5,7-12H,6,13-15H2,1-2H3,(H2,21,22,25). The van der Waals surface area contributed by atoms with Crippen LogP contribution in [-0.4, -0.2) is 39.2 Å². The Labute approximate surface area is 154 Å². The number of rotatable bonds is 8. The molecule has 0 fully saturated rings. The lowest BCUT2D eigenvalue weighted by atomic mass is 10.1. The summed E-state index contributed by atoms with van der Waals surface area (Å²) in [5.41, 5.74) is 2.56. The fraction of sp³-hybridized carbons (Fsp3) is 0.300. The topological polar surface area (TPSA) is 70.7 Å². The Morgan fingerprint density at radius 3 is 2.35 bits per heavy atom. The van der Waals surface area contributed by atoms with Crippen molar-refractivity contribution in [1.82, 2.24) is 10.6 Å². The first-order valence-electron chi connectivity index (χ1n) is 8.55. The third-order valence-electron chi connectivity index (χ3n) is 3.98. The monoisotopic (exact) mass is 355 g/mol. The molecule has 0 aliphatic carbocycles. The first-order chi connectivity index (χ1) is 12.6. The quantitative estimate of drug-likeness (QED) is 0.564. The minimum Gasteiger partial charge on any atom is -0.465 e. The van der Waals surface area contributed by atoms with Crippen LogP contribution in [-0.2, 0) is 11.3 Å². The molecule has 0 radical (unpaired) electrons. The van der Waals surface area contributed by atoms with E-state index in [4.69, 9.17) is 0 Å². The molecule has 138 valence electrons. The molecule has 0 unspecified atom stereocenters. The molecular formula is C20H25N3O3. The van der Waals surface area contributed by atoms with Crippen molar-refractivity contribution in [2.45, 2.75) is 13.0 Å². The van der Waals surface area contributed by atoms with E-state index in [1.165, 1.54) is 7.11 Å². The zero-order valence-electron chi connectivity index (χ0n) is 15.2. The molecule has 2 aromatic carbocycles. The van der Waals surface area contributed by atoms with Crippen LogP contribution in [0.4, 0.5) is 10.5 Å². The van der Waals surface area contributed by atoms with E-state index in [0.29, 0.717) is 18.7 Å². The Morgan fingerprint density at radius 2 is 1.69 bits per heavy atom. The van der Waals surface area contributed by atoms with Crippen molar-refractivity contribution in [1.29, 1.82) is 0 Å². The first-order valence-corrected chi connectivity index (χ1v) is 8.55. The third-order valence-corrected chi connectivity index (χ3v) is 3.98. The first kappa shape index (κ1) is 19.3. The Bertz CT molecular complexity index is 702. The van der Waals surface area contributed by atoms with Crippen LogP contribution in [0.25, 0.3) is 0 Å². The predicted molar refractivity (Wildman–Crippen MR) is 102 cm³/mol. The van der Waals surface area contributed by atoms with E-state index in [0.717, 1.165) is 24.2 Å². The summed E-state index contributed by atoms with van der Waals surface area (Å²) in [6.07, 6.45) is 0.854. The van der Waals surface area contributed by atoms with E-state index < -0.39 is 0 Å². The van der Waals surface area contributed by atoms with Gasteiger partial charge >= 0.3 is 12.0 Å². The van der Waals surface area contributed by atoms with E-state index in [-0.39, 0.29) is 12.0 Å². The van der Waals surface area contributed by atoms with Crippen molar-refractivity contribution < 1.29 is 14.3 Å². The van der Waals surface area contributed by atoms with Crippen LogP contribution in [0, 0.1) is 0 Å². The number of nitrogens with zero attached hydrogens (tertiary/aromatic N) is 1. The Hall–Kier alpha value is -3.02. The van der Waals surface area contributed by atoms with Crippen LogP contribution in [0.15, 0.2) is 54.6 Å². The number of hydrogen-bond acceptors (Lipinski definition) is 4. The van der Waals surface area contributed by atoms with Gasteiger partial charge in [0.15, 0.2) is 0 Å². The largest absolute Gasteiger partial charge is 0.465 e. The molecule has 0 aliphatic heterocycles. The van der Waals surface area contributed by atoms with E-state index in [1.54, 1.807) is 24.3 Å². The van der Waals surface area contributed by atoms with Gasteiger partial charge in [-0.15, -0.1) is 0 Å². The number of hydrogen-bond donors (Lipinski definition) is 2. The zero-order valence-corrected chi connectivity index (χ0v) is 15.2. The second kappa shape index (κ2) is 10.1. The number of esters is 1.